The average molecular weight is 537 g/mol. The topological polar surface area (TPSA) is 70.4 Å². The molecule has 2 N–H and O–H groups in total. The number of anilines is 1. The van der Waals surface area contributed by atoms with Crippen LogP contribution in [0.15, 0.2) is 29.3 Å². The Kier molecular flexibility index (Phi) is 8.57. The van der Waals surface area contributed by atoms with E-state index in [0.29, 0.717) is 12.6 Å². The number of hydrogen-bond donors (Lipinski definition) is 2. The van der Waals surface area contributed by atoms with Gasteiger partial charge in [0, 0.05) is 31.9 Å². The van der Waals surface area contributed by atoms with Gasteiger partial charge in [-0.1, -0.05) is 25.0 Å². The van der Waals surface area contributed by atoms with Crippen LogP contribution < -0.4 is 15.5 Å². The lowest BCUT2D eigenvalue weighted by Gasteiger charge is -2.23. The van der Waals surface area contributed by atoms with Crippen LogP contribution >= 0.6 is 24.0 Å². The second kappa shape index (κ2) is 11.2. The molecule has 0 amide bonds. The third kappa shape index (κ3) is 6.11. The second-order valence-corrected chi connectivity index (χ2v) is 8.67. The fraction of sp³-hybridized carbons (Fsp3) is 0.609. The van der Waals surface area contributed by atoms with Gasteiger partial charge in [0.2, 0.25) is 0 Å². The normalized spacial score (nSPS) is 18.2. The minimum atomic E-state index is 0. The third-order valence-electron chi connectivity index (χ3n) is 6.45. The molecule has 1 saturated carbocycles. The number of aryl methyl sites for hydroxylation is 1. The Bertz CT molecular complexity index is 867. The molecule has 170 valence electrons. The number of rotatable bonds is 6. The molecule has 4 rings (SSSR count). The van der Waals surface area contributed by atoms with Gasteiger partial charge in [-0.2, -0.15) is 0 Å². The van der Waals surface area contributed by atoms with Crippen molar-refractivity contribution in [2.24, 2.45) is 12.0 Å². The molecule has 2 aliphatic rings. The zero-order valence-electron chi connectivity index (χ0n) is 19.0. The largest absolute Gasteiger partial charge is 0.372 e. The van der Waals surface area contributed by atoms with Gasteiger partial charge in [-0.3, -0.25) is 0 Å². The van der Waals surface area contributed by atoms with Crippen molar-refractivity contribution in [3.63, 3.8) is 0 Å². The molecule has 0 bridgehead atoms. The number of guanidine groups is 1. The Labute approximate surface area is 203 Å². The van der Waals surface area contributed by atoms with Crippen LogP contribution in [0.5, 0.6) is 0 Å². The van der Waals surface area contributed by atoms with Crippen molar-refractivity contribution in [2.75, 3.05) is 18.0 Å². The maximum absolute atomic E-state index is 4.86. The summed E-state index contributed by atoms with van der Waals surface area (Å²) < 4.78 is 2.00. The fourth-order valence-electron chi connectivity index (χ4n) is 4.39. The summed E-state index contributed by atoms with van der Waals surface area (Å²) in [6, 6.07) is 9.59. The molecular formula is C23H36IN7. The first-order valence-corrected chi connectivity index (χ1v) is 11.4. The Balaban J connectivity index is 0.00000272. The average Bonchev–Trinajstić information content (AvgIpc) is 3.51. The molecule has 1 aliphatic carbocycles. The van der Waals surface area contributed by atoms with Gasteiger partial charge in [-0.05, 0) is 57.2 Å². The van der Waals surface area contributed by atoms with Crippen LogP contribution in [0.3, 0.4) is 0 Å². The number of nitrogens with one attached hydrogen (secondary N) is 2. The zero-order chi connectivity index (χ0) is 20.9. The number of nitrogens with zero attached hydrogens (tertiary/aromatic N) is 5. The molecular weight excluding hydrogens is 501 g/mol. The highest BCUT2D eigenvalue weighted by molar-refractivity contribution is 14.0. The van der Waals surface area contributed by atoms with E-state index in [0.717, 1.165) is 17.6 Å². The SMILES string of the molecule is Cc1nnc(CN=C(NC2CCCC2)NC(C)c2cccc(N3CCCC3)c2)n1C.I. The summed E-state index contributed by atoms with van der Waals surface area (Å²) in [5.74, 6) is 2.65. The highest BCUT2D eigenvalue weighted by Crippen LogP contribution is 2.24. The lowest BCUT2D eigenvalue weighted by atomic mass is 10.1. The Morgan fingerprint density at radius 2 is 1.90 bits per heavy atom. The summed E-state index contributed by atoms with van der Waals surface area (Å²) in [4.78, 5) is 7.34. The Morgan fingerprint density at radius 1 is 1.16 bits per heavy atom. The summed E-state index contributed by atoms with van der Waals surface area (Å²) in [5.41, 5.74) is 2.62. The lowest BCUT2D eigenvalue weighted by molar-refractivity contribution is 0.592. The fourth-order valence-corrected chi connectivity index (χ4v) is 4.39. The number of aliphatic imine (C=N–C) groups is 1. The van der Waals surface area contributed by atoms with Crippen molar-refractivity contribution in [3.05, 3.63) is 41.5 Å². The van der Waals surface area contributed by atoms with E-state index in [4.69, 9.17) is 4.99 Å². The maximum atomic E-state index is 4.86. The van der Waals surface area contributed by atoms with Crippen molar-refractivity contribution in [1.82, 2.24) is 25.4 Å². The predicted molar refractivity (Wildman–Crippen MR) is 137 cm³/mol. The van der Waals surface area contributed by atoms with Gasteiger partial charge < -0.3 is 20.1 Å². The van der Waals surface area contributed by atoms with Crippen molar-refractivity contribution in [3.8, 4) is 0 Å². The molecule has 0 spiro atoms. The molecule has 2 heterocycles. The van der Waals surface area contributed by atoms with Crippen LogP contribution in [0, 0.1) is 6.92 Å². The minimum Gasteiger partial charge on any atom is -0.372 e. The lowest BCUT2D eigenvalue weighted by Crippen LogP contribution is -2.43. The molecule has 1 aromatic carbocycles. The molecule has 8 heteroatoms. The van der Waals surface area contributed by atoms with Crippen LogP contribution in [0.25, 0.3) is 0 Å². The van der Waals surface area contributed by atoms with Crippen molar-refractivity contribution in [2.45, 2.75) is 71.0 Å². The maximum Gasteiger partial charge on any atom is 0.192 e. The monoisotopic (exact) mass is 537 g/mol. The Morgan fingerprint density at radius 3 is 2.58 bits per heavy atom. The van der Waals surface area contributed by atoms with Gasteiger partial charge in [0.25, 0.3) is 0 Å². The minimum absolute atomic E-state index is 0. The van der Waals surface area contributed by atoms with Gasteiger partial charge >= 0.3 is 0 Å². The van der Waals surface area contributed by atoms with Crippen molar-refractivity contribution in [1.29, 1.82) is 0 Å². The first kappa shape index (κ1) is 23.8. The summed E-state index contributed by atoms with van der Waals surface area (Å²) in [7, 11) is 1.99. The molecule has 1 unspecified atom stereocenters. The van der Waals surface area contributed by atoms with Crippen LogP contribution in [0.4, 0.5) is 5.69 Å². The Hall–Kier alpha value is -1.84. The van der Waals surface area contributed by atoms with Gasteiger partial charge in [-0.25, -0.2) is 4.99 Å². The van der Waals surface area contributed by atoms with Gasteiger partial charge in [-0.15, -0.1) is 34.2 Å². The van der Waals surface area contributed by atoms with Crippen LogP contribution in [0.2, 0.25) is 0 Å². The number of benzene rings is 1. The molecule has 1 aliphatic heterocycles. The van der Waals surface area contributed by atoms with Gasteiger partial charge in [0.15, 0.2) is 11.8 Å². The highest BCUT2D eigenvalue weighted by atomic mass is 127. The van der Waals surface area contributed by atoms with E-state index in [2.05, 4.69) is 56.9 Å². The molecule has 31 heavy (non-hydrogen) atoms. The molecule has 0 radical (unpaired) electrons. The van der Waals surface area contributed by atoms with Crippen LogP contribution in [-0.4, -0.2) is 39.9 Å². The van der Waals surface area contributed by atoms with E-state index in [1.807, 2.05) is 18.5 Å². The second-order valence-electron chi connectivity index (χ2n) is 8.67. The predicted octanol–water partition coefficient (Wildman–Crippen LogP) is 4.08. The summed E-state index contributed by atoms with van der Waals surface area (Å²) in [5, 5.41) is 15.7. The third-order valence-corrected chi connectivity index (χ3v) is 6.45. The van der Waals surface area contributed by atoms with E-state index in [1.54, 1.807) is 0 Å². The van der Waals surface area contributed by atoms with Crippen LogP contribution in [0.1, 0.15) is 68.7 Å². The highest BCUT2D eigenvalue weighted by Gasteiger charge is 2.19. The standard InChI is InChI=1S/C23H35N7.HI/c1-17(19-9-8-12-21(15-19)30-13-6-7-14-30)25-23(26-20-10-4-5-11-20)24-16-22-28-27-18(2)29(22)3;/h8-9,12,15,17,20H,4-7,10-11,13-14,16H2,1-3H3,(H2,24,25,26);1H. The van der Waals surface area contributed by atoms with Crippen molar-refractivity contribution < 1.29 is 0 Å². The van der Waals surface area contributed by atoms with Crippen molar-refractivity contribution >= 4 is 35.6 Å². The molecule has 1 atom stereocenters. The number of aromatic nitrogens is 3. The van der Waals surface area contributed by atoms with Gasteiger partial charge in [0.1, 0.15) is 12.4 Å². The molecule has 2 fully saturated rings. The summed E-state index contributed by atoms with van der Waals surface area (Å²) >= 11 is 0. The van der Waals surface area contributed by atoms with E-state index in [1.165, 1.54) is 62.9 Å². The smallest absolute Gasteiger partial charge is 0.192 e. The van der Waals surface area contributed by atoms with Crippen LogP contribution in [-0.2, 0) is 13.6 Å². The first-order valence-electron chi connectivity index (χ1n) is 11.4. The van der Waals surface area contributed by atoms with E-state index >= 15 is 0 Å². The van der Waals surface area contributed by atoms with Gasteiger partial charge in [0.05, 0.1) is 6.04 Å². The van der Waals surface area contributed by atoms with E-state index in [-0.39, 0.29) is 30.0 Å². The first-order chi connectivity index (χ1) is 14.6. The molecule has 1 aromatic heterocycles. The molecule has 1 saturated heterocycles. The quantitative estimate of drug-likeness (QED) is 0.330. The van der Waals surface area contributed by atoms with E-state index < -0.39 is 0 Å². The summed E-state index contributed by atoms with van der Waals surface area (Å²) in [6.07, 6.45) is 7.59. The van der Waals surface area contributed by atoms with E-state index in [9.17, 15) is 0 Å². The molecule has 7 nitrogen and oxygen atoms in total. The molecule has 2 aromatic rings. The number of halogens is 1. The zero-order valence-corrected chi connectivity index (χ0v) is 21.3. The number of hydrogen-bond acceptors (Lipinski definition) is 4. The summed E-state index contributed by atoms with van der Waals surface area (Å²) in [6.45, 7) is 7.02.